The van der Waals surface area contributed by atoms with Gasteiger partial charge in [0.05, 0.1) is 11.1 Å². The van der Waals surface area contributed by atoms with E-state index in [-0.39, 0.29) is 0 Å². The smallest absolute Gasteiger partial charge is 0.146 e. The average molecular weight is 305 g/mol. The first kappa shape index (κ1) is 15.9. The molecule has 2 aromatic rings. The molecule has 0 aliphatic carbocycles. The van der Waals surface area contributed by atoms with Crippen molar-refractivity contribution in [2.45, 2.75) is 39.2 Å². The van der Waals surface area contributed by atoms with Gasteiger partial charge in [-0.3, -0.25) is 0 Å². The van der Waals surface area contributed by atoms with Crippen molar-refractivity contribution in [3.8, 4) is 11.5 Å². The lowest BCUT2D eigenvalue weighted by atomic mass is 9.99. The van der Waals surface area contributed by atoms with E-state index in [1.54, 1.807) is 19.1 Å². The van der Waals surface area contributed by atoms with Crippen LogP contribution in [0.4, 0.5) is 0 Å². The molecule has 2 atom stereocenters. The highest BCUT2D eigenvalue weighted by atomic mass is 35.5. The first-order valence-corrected chi connectivity index (χ1v) is 7.64. The summed E-state index contributed by atoms with van der Waals surface area (Å²) in [7, 11) is 0. The monoisotopic (exact) mass is 304 g/mol. The summed E-state index contributed by atoms with van der Waals surface area (Å²) in [4.78, 5) is 0. The number of rotatable bonds is 5. The minimum absolute atomic E-state index is 0.499. The topological polar surface area (TPSA) is 29.5 Å². The molecule has 0 aliphatic rings. The number of ether oxygens (including phenoxy) is 1. The summed E-state index contributed by atoms with van der Waals surface area (Å²) >= 11 is 6.19. The minimum atomic E-state index is -0.536. The molecule has 0 fully saturated rings. The van der Waals surface area contributed by atoms with Crippen LogP contribution in [0.2, 0.25) is 5.02 Å². The van der Waals surface area contributed by atoms with Crippen LogP contribution in [0, 0.1) is 0 Å². The minimum Gasteiger partial charge on any atom is -0.456 e. The fourth-order valence-corrected chi connectivity index (χ4v) is 2.31. The number of hydrogen-bond donors (Lipinski definition) is 1. The van der Waals surface area contributed by atoms with E-state index in [2.05, 4.69) is 26.0 Å². The molecular weight excluding hydrogens is 284 g/mol. The zero-order valence-electron chi connectivity index (χ0n) is 12.6. The Morgan fingerprint density at radius 3 is 2.19 bits per heavy atom. The molecular formula is C18H21ClO2. The van der Waals surface area contributed by atoms with E-state index in [0.29, 0.717) is 16.7 Å². The molecule has 0 aromatic heterocycles. The van der Waals surface area contributed by atoms with E-state index in [9.17, 15) is 5.11 Å². The van der Waals surface area contributed by atoms with Gasteiger partial charge in [-0.1, -0.05) is 43.6 Å². The summed E-state index contributed by atoms with van der Waals surface area (Å²) in [6.45, 7) is 6.10. The normalized spacial score (nSPS) is 13.8. The molecule has 0 heterocycles. The van der Waals surface area contributed by atoms with Gasteiger partial charge in [-0.05, 0) is 54.7 Å². The van der Waals surface area contributed by atoms with Crippen LogP contribution in [-0.2, 0) is 0 Å². The predicted octanol–water partition coefficient (Wildman–Crippen LogP) is 5.70. The van der Waals surface area contributed by atoms with Crippen LogP contribution in [-0.4, -0.2) is 5.11 Å². The van der Waals surface area contributed by atoms with Gasteiger partial charge in [0, 0.05) is 0 Å². The fraction of sp³-hybridized carbons (Fsp3) is 0.333. The Morgan fingerprint density at radius 1 is 1.05 bits per heavy atom. The SMILES string of the molecule is CCC(C)c1ccc(Oc2ccc([C@H](C)O)cc2Cl)cc1. The lowest BCUT2D eigenvalue weighted by molar-refractivity contribution is 0.199. The van der Waals surface area contributed by atoms with Gasteiger partial charge in [-0.25, -0.2) is 0 Å². The lowest BCUT2D eigenvalue weighted by Gasteiger charge is -2.12. The van der Waals surface area contributed by atoms with Crippen LogP contribution in [0.25, 0.3) is 0 Å². The zero-order chi connectivity index (χ0) is 15.4. The molecule has 2 aromatic carbocycles. The molecule has 0 bridgehead atoms. The van der Waals surface area contributed by atoms with E-state index in [1.165, 1.54) is 5.56 Å². The molecule has 0 saturated heterocycles. The van der Waals surface area contributed by atoms with Gasteiger partial charge in [-0.15, -0.1) is 0 Å². The Balaban J connectivity index is 2.15. The Bertz CT molecular complexity index is 591. The van der Waals surface area contributed by atoms with Crippen molar-refractivity contribution < 1.29 is 9.84 Å². The van der Waals surface area contributed by atoms with E-state index in [1.807, 2.05) is 18.2 Å². The summed E-state index contributed by atoms with van der Waals surface area (Å²) in [6, 6.07) is 13.4. The summed E-state index contributed by atoms with van der Waals surface area (Å²) in [6.07, 6.45) is 0.582. The molecule has 21 heavy (non-hydrogen) atoms. The van der Waals surface area contributed by atoms with Crippen LogP contribution in [0.15, 0.2) is 42.5 Å². The van der Waals surface area contributed by atoms with Crippen LogP contribution in [0.1, 0.15) is 50.3 Å². The first-order chi connectivity index (χ1) is 10.0. The summed E-state index contributed by atoms with van der Waals surface area (Å²) in [5, 5.41) is 10.0. The highest BCUT2D eigenvalue weighted by Crippen LogP contribution is 2.32. The van der Waals surface area contributed by atoms with Gasteiger partial charge in [0.25, 0.3) is 0 Å². The van der Waals surface area contributed by atoms with Gasteiger partial charge >= 0.3 is 0 Å². The third kappa shape index (κ3) is 3.99. The fourth-order valence-electron chi connectivity index (χ4n) is 2.09. The van der Waals surface area contributed by atoms with Crippen LogP contribution >= 0.6 is 11.6 Å². The number of hydrogen-bond acceptors (Lipinski definition) is 2. The average Bonchev–Trinajstić information content (AvgIpc) is 2.49. The largest absolute Gasteiger partial charge is 0.456 e. The Morgan fingerprint density at radius 2 is 1.67 bits per heavy atom. The molecule has 1 N–H and O–H groups in total. The van der Waals surface area contributed by atoms with Gasteiger partial charge in [0.1, 0.15) is 11.5 Å². The number of halogens is 1. The van der Waals surface area contributed by atoms with Crippen molar-refractivity contribution in [1.82, 2.24) is 0 Å². The second kappa shape index (κ2) is 6.97. The molecule has 0 amide bonds. The molecule has 0 aliphatic heterocycles. The third-order valence-electron chi connectivity index (χ3n) is 3.73. The molecule has 1 unspecified atom stereocenters. The highest BCUT2D eigenvalue weighted by molar-refractivity contribution is 6.32. The van der Waals surface area contributed by atoms with Gasteiger partial charge < -0.3 is 9.84 Å². The van der Waals surface area contributed by atoms with Crippen molar-refractivity contribution in [3.63, 3.8) is 0 Å². The number of aliphatic hydroxyl groups is 1. The van der Waals surface area contributed by atoms with Gasteiger partial charge in [-0.2, -0.15) is 0 Å². The maximum absolute atomic E-state index is 9.54. The summed E-state index contributed by atoms with van der Waals surface area (Å²) < 4.78 is 5.80. The predicted molar refractivity (Wildman–Crippen MR) is 87.3 cm³/mol. The second-order valence-corrected chi connectivity index (χ2v) is 5.75. The zero-order valence-corrected chi connectivity index (χ0v) is 13.4. The van der Waals surface area contributed by atoms with Crippen LogP contribution < -0.4 is 4.74 Å². The summed E-state index contributed by atoms with van der Waals surface area (Å²) in [5.41, 5.74) is 2.08. The van der Waals surface area contributed by atoms with E-state index in [4.69, 9.17) is 16.3 Å². The maximum Gasteiger partial charge on any atom is 0.146 e. The molecule has 0 spiro atoms. The Labute approximate surface area is 131 Å². The number of aliphatic hydroxyl groups excluding tert-OH is 1. The molecule has 2 rings (SSSR count). The molecule has 112 valence electrons. The van der Waals surface area contributed by atoms with E-state index in [0.717, 1.165) is 17.7 Å². The number of benzene rings is 2. The van der Waals surface area contributed by atoms with Crippen molar-refractivity contribution in [2.75, 3.05) is 0 Å². The standard InChI is InChI=1S/C18H21ClO2/c1-4-12(2)14-5-8-16(9-6-14)21-18-10-7-15(13(3)20)11-17(18)19/h5-13,20H,4H2,1-3H3/t12?,13-/m0/s1. The third-order valence-corrected chi connectivity index (χ3v) is 4.02. The van der Waals surface area contributed by atoms with E-state index < -0.39 is 6.10 Å². The molecule has 3 heteroatoms. The first-order valence-electron chi connectivity index (χ1n) is 7.26. The molecule has 0 radical (unpaired) electrons. The van der Waals surface area contributed by atoms with Crippen molar-refractivity contribution in [1.29, 1.82) is 0 Å². The van der Waals surface area contributed by atoms with Gasteiger partial charge in [0.2, 0.25) is 0 Å². The van der Waals surface area contributed by atoms with Crippen LogP contribution in [0.3, 0.4) is 0 Å². The Kier molecular flexibility index (Phi) is 5.27. The van der Waals surface area contributed by atoms with E-state index >= 15 is 0 Å². The van der Waals surface area contributed by atoms with Crippen LogP contribution in [0.5, 0.6) is 11.5 Å². The maximum atomic E-state index is 9.54. The quantitative estimate of drug-likeness (QED) is 0.768. The van der Waals surface area contributed by atoms with Crippen molar-refractivity contribution in [3.05, 3.63) is 58.6 Å². The second-order valence-electron chi connectivity index (χ2n) is 5.35. The molecule has 2 nitrogen and oxygen atoms in total. The Hall–Kier alpha value is -1.51. The highest BCUT2D eigenvalue weighted by Gasteiger charge is 2.08. The van der Waals surface area contributed by atoms with Gasteiger partial charge in [0.15, 0.2) is 0 Å². The molecule has 0 saturated carbocycles. The van der Waals surface area contributed by atoms with Crippen molar-refractivity contribution >= 4 is 11.6 Å². The summed E-state index contributed by atoms with van der Waals surface area (Å²) in [5.74, 6) is 1.90. The lowest BCUT2D eigenvalue weighted by Crippen LogP contribution is -1.93. The van der Waals surface area contributed by atoms with Crippen molar-refractivity contribution in [2.24, 2.45) is 0 Å².